The van der Waals surface area contributed by atoms with E-state index in [-0.39, 0.29) is 0 Å². The molecule has 0 N–H and O–H groups in total. The zero-order valence-corrected chi connectivity index (χ0v) is 24.7. The van der Waals surface area contributed by atoms with E-state index in [2.05, 4.69) is 158 Å². The number of rotatable bonds is 2. The van der Waals surface area contributed by atoms with Gasteiger partial charge in [-0.25, -0.2) is 0 Å². The zero-order chi connectivity index (χ0) is 29.5. The molecular weight excluding hydrogens is 540 g/mol. The highest BCUT2D eigenvalue weighted by Crippen LogP contribution is 2.48. The van der Waals surface area contributed by atoms with Gasteiger partial charge in [-0.2, -0.15) is 0 Å². The molecule has 0 aromatic heterocycles. The minimum Gasteiger partial charge on any atom is -0.0616 e. The molecule has 10 rings (SSSR count). The van der Waals surface area contributed by atoms with Crippen LogP contribution in [0.15, 0.2) is 158 Å². The van der Waals surface area contributed by atoms with E-state index in [4.69, 9.17) is 0 Å². The van der Waals surface area contributed by atoms with Crippen molar-refractivity contribution < 1.29 is 0 Å². The Kier molecular flexibility index (Phi) is 5.15. The van der Waals surface area contributed by atoms with Gasteiger partial charge in [0, 0.05) is 0 Å². The van der Waals surface area contributed by atoms with Crippen LogP contribution in [-0.4, -0.2) is 0 Å². The van der Waals surface area contributed by atoms with Crippen LogP contribution < -0.4 is 0 Å². The van der Waals surface area contributed by atoms with Crippen molar-refractivity contribution in [1.29, 1.82) is 0 Å². The van der Waals surface area contributed by atoms with Crippen LogP contribution in [0.5, 0.6) is 0 Å². The van der Waals surface area contributed by atoms with Crippen molar-refractivity contribution in [3.05, 3.63) is 169 Å². The van der Waals surface area contributed by atoms with E-state index in [1.807, 2.05) is 0 Å². The Hall–Kier alpha value is -5.72. The summed E-state index contributed by atoms with van der Waals surface area (Å²) in [6.45, 7) is 0. The third kappa shape index (κ3) is 3.60. The largest absolute Gasteiger partial charge is 0.0616 e. The van der Waals surface area contributed by atoms with Crippen LogP contribution in [-0.2, 0) is 6.42 Å². The van der Waals surface area contributed by atoms with Crippen LogP contribution in [0.4, 0.5) is 0 Å². The van der Waals surface area contributed by atoms with Gasteiger partial charge in [-0.3, -0.25) is 0 Å². The predicted octanol–water partition coefficient (Wildman–Crippen LogP) is 12.4. The van der Waals surface area contributed by atoms with E-state index in [0.717, 1.165) is 6.42 Å². The molecule has 0 heterocycles. The lowest BCUT2D eigenvalue weighted by atomic mass is 9.87. The SMILES string of the molecule is c1ccc(-c2cc3ccccc3c3ccccc23)c(-c2ccc3c4c(c5ccccc5c3c2)-c2cc3ccccc3cc2C4)c1. The summed E-state index contributed by atoms with van der Waals surface area (Å²) in [6, 6.07) is 58.6. The summed E-state index contributed by atoms with van der Waals surface area (Å²) in [5.41, 5.74) is 10.7. The normalized spacial score (nSPS) is 12.4. The quantitative estimate of drug-likeness (QED) is 0.182. The maximum atomic E-state index is 2.44. The van der Waals surface area contributed by atoms with Crippen molar-refractivity contribution >= 4 is 53.9 Å². The Balaban J connectivity index is 1.22. The van der Waals surface area contributed by atoms with E-state index in [9.17, 15) is 0 Å². The minimum absolute atomic E-state index is 0.968. The van der Waals surface area contributed by atoms with Crippen LogP contribution in [0.2, 0.25) is 0 Å². The summed E-state index contributed by atoms with van der Waals surface area (Å²) in [5.74, 6) is 0. The Morgan fingerprint density at radius 2 is 0.889 bits per heavy atom. The molecule has 0 aliphatic heterocycles. The summed E-state index contributed by atoms with van der Waals surface area (Å²) in [6.07, 6.45) is 0.968. The third-order valence-electron chi connectivity index (χ3n) is 10.0. The van der Waals surface area contributed by atoms with Crippen molar-refractivity contribution in [2.45, 2.75) is 6.42 Å². The molecule has 208 valence electrons. The van der Waals surface area contributed by atoms with Crippen molar-refractivity contribution in [3.63, 3.8) is 0 Å². The lowest BCUT2D eigenvalue weighted by Crippen LogP contribution is -1.91. The van der Waals surface area contributed by atoms with Gasteiger partial charge in [-0.15, -0.1) is 0 Å². The molecule has 9 aromatic carbocycles. The summed E-state index contributed by atoms with van der Waals surface area (Å²) in [4.78, 5) is 0. The number of hydrogen-bond donors (Lipinski definition) is 0. The fourth-order valence-electron chi connectivity index (χ4n) is 8.03. The molecule has 0 atom stereocenters. The molecule has 0 nitrogen and oxygen atoms in total. The van der Waals surface area contributed by atoms with E-state index < -0.39 is 0 Å². The second kappa shape index (κ2) is 9.39. The second-order valence-corrected chi connectivity index (χ2v) is 12.4. The first-order valence-electron chi connectivity index (χ1n) is 15.8. The van der Waals surface area contributed by atoms with Crippen LogP contribution >= 0.6 is 0 Å². The Morgan fingerprint density at radius 3 is 1.69 bits per heavy atom. The molecular formula is C45H28. The molecule has 0 amide bonds. The maximum absolute atomic E-state index is 2.44. The molecule has 0 spiro atoms. The van der Waals surface area contributed by atoms with Crippen LogP contribution in [0, 0.1) is 0 Å². The zero-order valence-electron chi connectivity index (χ0n) is 24.7. The number of hydrogen-bond acceptors (Lipinski definition) is 0. The highest BCUT2D eigenvalue weighted by Gasteiger charge is 2.25. The highest BCUT2D eigenvalue weighted by molar-refractivity contribution is 6.19. The molecule has 0 heteroatoms. The average Bonchev–Trinajstić information content (AvgIpc) is 3.49. The first kappa shape index (κ1) is 24.7. The van der Waals surface area contributed by atoms with Gasteiger partial charge in [-0.05, 0) is 123 Å². The third-order valence-corrected chi connectivity index (χ3v) is 10.0. The molecule has 9 aromatic rings. The molecule has 0 fully saturated rings. The number of benzene rings is 9. The first-order valence-corrected chi connectivity index (χ1v) is 15.8. The van der Waals surface area contributed by atoms with Crippen molar-refractivity contribution in [2.75, 3.05) is 0 Å². The molecule has 0 unspecified atom stereocenters. The van der Waals surface area contributed by atoms with Crippen molar-refractivity contribution in [3.8, 4) is 33.4 Å². The van der Waals surface area contributed by atoms with Gasteiger partial charge in [0.15, 0.2) is 0 Å². The lowest BCUT2D eigenvalue weighted by molar-refractivity contribution is 1.29. The summed E-state index contributed by atoms with van der Waals surface area (Å²) in [7, 11) is 0. The van der Waals surface area contributed by atoms with Crippen molar-refractivity contribution in [2.24, 2.45) is 0 Å². The predicted molar refractivity (Wildman–Crippen MR) is 193 cm³/mol. The monoisotopic (exact) mass is 568 g/mol. The fraction of sp³-hybridized carbons (Fsp3) is 0.0222. The van der Waals surface area contributed by atoms with Gasteiger partial charge < -0.3 is 0 Å². The molecule has 0 radical (unpaired) electrons. The van der Waals surface area contributed by atoms with Gasteiger partial charge in [0.25, 0.3) is 0 Å². The first-order chi connectivity index (χ1) is 22.3. The smallest absolute Gasteiger partial charge is 0.000683 e. The Labute approximate surface area is 261 Å². The van der Waals surface area contributed by atoms with E-state index >= 15 is 0 Å². The molecule has 0 saturated heterocycles. The van der Waals surface area contributed by atoms with E-state index in [0.29, 0.717) is 0 Å². The highest BCUT2D eigenvalue weighted by atomic mass is 14.3. The summed E-state index contributed by atoms with van der Waals surface area (Å²) in [5, 5.41) is 13.1. The van der Waals surface area contributed by atoms with E-state index in [1.165, 1.54) is 98.4 Å². The van der Waals surface area contributed by atoms with Gasteiger partial charge >= 0.3 is 0 Å². The standard InChI is InChI=1S/C45H28/c1-2-12-29-24-41-32(23-28(29)11-1)27-44-39-22-21-31(26-43(39)38-19-9-10-20-40(38)45(41)44)34-15-5-6-17-36(34)42-25-30-13-3-4-14-33(30)35-16-7-8-18-37(35)42/h1-26H,27H2. The summed E-state index contributed by atoms with van der Waals surface area (Å²) < 4.78 is 0. The minimum atomic E-state index is 0.968. The van der Waals surface area contributed by atoms with Gasteiger partial charge in [0.05, 0.1) is 0 Å². The topological polar surface area (TPSA) is 0 Å². The molecule has 45 heavy (non-hydrogen) atoms. The second-order valence-electron chi connectivity index (χ2n) is 12.4. The fourth-order valence-corrected chi connectivity index (χ4v) is 8.03. The van der Waals surface area contributed by atoms with Crippen molar-refractivity contribution in [1.82, 2.24) is 0 Å². The van der Waals surface area contributed by atoms with E-state index in [1.54, 1.807) is 0 Å². The lowest BCUT2D eigenvalue weighted by Gasteiger charge is -2.17. The molecule has 0 saturated carbocycles. The average molecular weight is 569 g/mol. The van der Waals surface area contributed by atoms with Crippen LogP contribution in [0.3, 0.4) is 0 Å². The molecule has 0 bridgehead atoms. The number of fused-ring (bicyclic) bond motifs is 12. The van der Waals surface area contributed by atoms with Crippen LogP contribution in [0.1, 0.15) is 11.1 Å². The maximum Gasteiger partial charge on any atom is -0.000683 e. The Morgan fingerprint density at radius 1 is 0.311 bits per heavy atom. The van der Waals surface area contributed by atoms with Gasteiger partial charge in [-0.1, -0.05) is 140 Å². The molecule has 1 aliphatic rings. The van der Waals surface area contributed by atoms with Gasteiger partial charge in [0.2, 0.25) is 0 Å². The summed E-state index contributed by atoms with van der Waals surface area (Å²) >= 11 is 0. The van der Waals surface area contributed by atoms with Gasteiger partial charge in [0.1, 0.15) is 0 Å². The Bertz CT molecular complexity index is 2670. The molecule has 1 aliphatic carbocycles. The van der Waals surface area contributed by atoms with Crippen LogP contribution in [0.25, 0.3) is 87.2 Å².